The lowest BCUT2D eigenvalue weighted by molar-refractivity contribution is -0.190. The number of rotatable bonds is 5. The number of imidazole rings is 1. The summed E-state index contributed by atoms with van der Waals surface area (Å²) in [6, 6.07) is 0. The number of terminal acetylenes is 1. The van der Waals surface area contributed by atoms with Crippen molar-refractivity contribution in [3.05, 3.63) is 12.7 Å². The number of amides is 1. The summed E-state index contributed by atoms with van der Waals surface area (Å²) in [6.45, 7) is 7.21. The number of nitrogens with zero attached hydrogens (tertiary/aromatic N) is 4. The molecule has 0 spiro atoms. The number of halogens is 2. The number of hydrogen-bond acceptors (Lipinski definition) is 10. The summed E-state index contributed by atoms with van der Waals surface area (Å²) in [7, 11) is 0. The predicted octanol–water partition coefficient (Wildman–Crippen LogP) is 2.67. The number of anilines is 1. The van der Waals surface area contributed by atoms with Crippen molar-refractivity contribution < 1.29 is 37.7 Å². The molecule has 188 valence electrons. The first kappa shape index (κ1) is 26.5. The molecule has 2 aromatic heterocycles. The molecule has 4 atom stereocenters. The van der Waals surface area contributed by atoms with Crippen LogP contribution in [0.15, 0.2) is 12.7 Å². The third-order valence-corrected chi connectivity index (χ3v) is 5.73. The van der Waals surface area contributed by atoms with E-state index in [1.807, 2.05) is 0 Å². The summed E-state index contributed by atoms with van der Waals surface area (Å²) in [6.07, 6.45) is 3.93. The molecule has 0 aliphatic carbocycles. The van der Waals surface area contributed by atoms with Gasteiger partial charge in [0.25, 0.3) is 11.5 Å². The van der Waals surface area contributed by atoms with E-state index in [-0.39, 0.29) is 21.4 Å². The highest BCUT2D eigenvalue weighted by Crippen LogP contribution is 2.50. The zero-order valence-corrected chi connectivity index (χ0v) is 21.7. The average molecular weight is 603 g/mol. The third-order valence-electron chi connectivity index (χ3n) is 4.69. The summed E-state index contributed by atoms with van der Waals surface area (Å²) in [5.74, 6) is -2.09. The summed E-state index contributed by atoms with van der Waals surface area (Å²) in [5, 5.41) is 2.48. The molecule has 0 bridgehead atoms. The van der Waals surface area contributed by atoms with Crippen molar-refractivity contribution in [1.82, 2.24) is 19.5 Å². The van der Waals surface area contributed by atoms with Gasteiger partial charge in [0.05, 0.1) is 10.8 Å². The first-order valence-corrected chi connectivity index (χ1v) is 11.7. The molecule has 0 saturated carbocycles. The molecule has 35 heavy (non-hydrogen) atoms. The Bertz CT molecular complexity index is 1210. The van der Waals surface area contributed by atoms with E-state index < -0.39 is 47.4 Å². The second-order valence-corrected chi connectivity index (χ2v) is 9.35. The van der Waals surface area contributed by atoms with Crippen LogP contribution in [0.3, 0.4) is 0 Å². The molecule has 2 aromatic rings. The Labute approximate surface area is 213 Å². The van der Waals surface area contributed by atoms with Crippen molar-refractivity contribution in [2.45, 2.75) is 64.0 Å². The number of esters is 2. The fourth-order valence-corrected chi connectivity index (χ4v) is 4.10. The van der Waals surface area contributed by atoms with Gasteiger partial charge in [0.1, 0.15) is 11.9 Å². The van der Waals surface area contributed by atoms with Gasteiger partial charge in [0.2, 0.25) is 6.10 Å². The second-order valence-electron chi connectivity index (χ2n) is 8.58. The predicted molar refractivity (Wildman–Crippen MR) is 127 cm³/mol. The first-order valence-electron chi connectivity index (χ1n) is 10.2. The van der Waals surface area contributed by atoms with Gasteiger partial charge in [-0.15, -0.1) is 6.42 Å². The van der Waals surface area contributed by atoms with Crippen molar-refractivity contribution in [2.24, 2.45) is 0 Å². The highest BCUT2D eigenvalue weighted by molar-refractivity contribution is 14.1. The van der Waals surface area contributed by atoms with Crippen molar-refractivity contribution in [3.8, 4) is 12.3 Å². The van der Waals surface area contributed by atoms with Gasteiger partial charge in [-0.2, -0.15) is 0 Å². The van der Waals surface area contributed by atoms with Crippen LogP contribution in [0.25, 0.3) is 11.2 Å². The number of hydrogen-bond donors (Lipinski definition) is 1. The van der Waals surface area contributed by atoms with Crippen molar-refractivity contribution in [1.29, 1.82) is 0 Å². The summed E-state index contributed by atoms with van der Waals surface area (Å²) < 4.78 is 38.3. The lowest BCUT2D eigenvalue weighted by Crippen LogP contribution is -2.54. The van der Waals surface area contributed by atoms with E-state index in [1.54, 1.807) is 43.4 Å². The zero-order valence-electron chi connectivity index (χ0n) is 19.5. The van der Waals surface area contributed by atoms with Crippen LogP contribution in [0.4, 0.5) is 15.0 Å². The molecule has 1 fully saturated rings. The maximum Gasteiger partial charge on any atom is 0.413 e. The molecule has 0 unspecified atom stereocenters. The molecule has 3 heterocycles. The van der Waals surface area contributed by atoms with E-state index >= 15 is 4.39 Å². The van der Waals surface area contributed by atoms with E-state index in [4.69, 9.17) is 25.4 Å². The lowest BCUT2D eigenvalue weighted by Gasteiger charge is -2.33. The van der Waals surface area contributed by atoms with Crippen LogP contribution >= 0.6 is 22.6 Å². The smallest absolute Gasteiger partial charge is 0.413 e. The number of fused-ring (bicyclic) bond motifs is 1. The number of carbonyl (C=O) groups excluding carboxylic acids is 3. The fourth-order valence-electron chi connectivity index (χ4n) is 3.52. The Morgan fingerprint density at radius 2 is 1.97 bits per heavy atom. The minimum atomic E-state index is -2.63. The third kappa shape index (κ3) is 5.15. The quantitative estimate of drug-likeness (QED) is 0.178. The first-order chi connectivity index (χ1) is 16.3. The topological polar surface area (TPSA) is 144 Å². The molecule has 14 heteroatoms. The monoisotopic (exact) mass is 603 g/mol. The van der Waals surface area contributed by atoms with Crippen LogP contribution in [0.5, 0.6) is 0 Å². The van der Waals surface area contributed by atoms with E-state index in [0.29, 0.717) is 0 Å². The largest absolute Gasteiger partial charge is 0.451 e. The normalized spacial score (nSPS) is 26.1. The Kier molecular flexibility index (Phi) is 7.23. The minimum Gasteiger partial charge on any atom is -0.451 e. The van der Waals surface area contributed by atoms with Gasteiger partial charge in [-0.1, -0.05) is 22.6 Å². The molecule has 1 amide bonds. The summed E-state index contributed by atoms with van der Waals surface area (Å²) in [4.78, 5) is 48.4. The van der Waals surface area contributed by atoms with Crippen LogP contribution < -0.4 is 5.32 Å². The number of aromatic nitrogens is 4. The van der Waals surface area contributed by atoms with Crippen LogP contribution in [-0.4, -0.2) is 65.1 Å². The minimum absolute atomic E-state index is 0.00303. The summed E-state index contributed by atoms with van der Waals surface area (Å²) >= 11 is 1.70. The molecule has 1 saturated heterocycles. The van der Waals surface area contributed by atoms with Crippen LogP contribution in [0.2, 0.25) is 0 Å². The maximum absolute atomic E-state index is 15.9. The Hall–Kier alpha value is -3.06. The number of carbonyl (C=O) groups is 3. The highest BCUT2D eigenvalue weighted by atomic mass is 127. The molecule has 1 N–H and O–H groups in total. The SMILES string of the molecule is C#C[C@]1(OC(C)=O)[C@H](n2cnc3c(NC(=O)OC(C)(C)C)ncnc32)O[C@](F)(CI)[C@H]1OC(C)=O. The van der Waals surface area contributed by atoms with E-state index in [1.165, 1.54) is 10.9 Å². The average Bonchev–Trinajstić information content (AvgIpc) is 3.26. The Morgan fingerprint density at radius 3 is 2.51 bits per heavy atom. The van der Waals surface area contributed by atoms with Gasteiger partial charge in [0, 0.05) is 13.8 Å². The van der Waals surface area contributed by atoms with Crippen LogP contribution in [-0.2, 0) is 28.5 Å². The Balaban J connectivity index is 2.13. The van der Waals surface area contributed by atoms with Crippen LogP contribution in [0.1, 0.15) is 40.8 Å². The van der Waals surface area contributed by atoms with Crippen LogP contribution in [0, 0.1) is 12.3 Å². The molecular formula is C21H23FIN5O7. The Morgan fingerprint density at radius 1 is 1.29 bits per heavy atom. The zero-order chi connectivity index (χ0) is 26.2. The van der Waals surface area contributed by atoms with Gasteiger partial charge < -0.3 is 18.9 Å². The molecular weight excluding hydrogens is 580 g/mol. The van der Waals surface area contributed by atoms with E-state index in [0.717, 1.165) is 20.2 Å². The number of ether oxygens (including phenoxy) is 4. The molecule has 0 aromatic carbocycles. The maximum atomic E-state index is 15.9. The van der Waals surface area contributed by atoms with E-state index in [2.05, 4.69) is 26.2 Å². The summed E-state index contributed by atoms with van der Waals surface area (Å²) in [5.41, 5.74) is -2.83. The lowest BCUT2D eigenvalue weighted by atomic mass is 9.93. The van der Waals surface area contributed by atoms with Crippen molar-refractivity contribution in [2.75, 3.05) is 9.74 Å². The fraction of sp³-hybridized carbons (Fsp3) is 0.524. The molecule has 1 aliphatic rings. The molecule has 3 rings (SSSR count). The highest BCUT2D eigenvalue weighted by Gasteiger charge is 2.70. The van der Waals surface area contributed by atoms with Crippen molar-refractivity contribution in [3.63, 3.8) is 0 Å². The second kappa shape index (κ2) is 9.53. The van der Waals surface area contributed by atoms with Gasteiger partial charge >= 0.3 is 18.0 Å². The molecule has 12 nitrogen and oxygen atoms in total. The van der Waals surface area contributed by atoms with Gasteiger partial charge in [-0.3, -0.25) is 19.5 Å². The number of nitrogens with one attached hydrogen (secondary N) is 1. The van der Waals surface area contributed by atoms with Gasteiger partial charge in [-0.05, 0) is 26.7 Å². The van der Waals surface area contributed by atoms with Gasteiger partial charge in [0.15, 0.2) is 23.2 Å². The number of alkyl halides is 2. The molecule has 0 radical (unpaired) electrons. The van der Waals surface area contributed by atoms with Gasteiger partial charge in [-0.25, -0.2) is 24.1 Å². The van der Waals surface area contributed by atoms with E-state index in [9.17, 15) is 14.4 Å². The standard InChI is InChI=1S/C21H23FIN5O7/c1-7-20(33-12(3)30)16(32-11(2)29)21(22,8-23)34-17(20)28-10-26-13-14(24-9-25-15(13)28)27-18(31)35-19(4,5)6/h1,9-10,16-17H,8H2,2-6H3,(H,24,25,27,31)/t16-,17+,20+,21+/m0/s1. The molecule has 1 aliphatic heterocycles. The van der Waals surface area contributed by atoms with Crippen molar-refractivity contribution >= 4 is 57.6 Å².